The van der Waals surface area contributed by atoms with Crippen molar-refractivity contribution in [1.29, 1.82) is 0 Å². The summed E-state index contributed by atoms with van der Waals surface area (Å²) in [5.41, 5.74) is 0.494. The fourth-order valence-corrected chi connectivity index (χ4v) is 4.37. The molecule has 0 fully saturated rings. The van der Waals surface area contributed by atoms with E-state index in [1.165, 1.54) is 18.5 Å². The summed E-state index contributed by atoms with van der Waals surface area (Å²) >= 11 is 0. The maximum Gasteiger partial charge on any atom is 0.330 e. The minimum atomic E-state index is -1.17. The first kappa shape index (κ1) is 13.4. The zero-order chi connectivity index (χ0) is 11.2. The zero-order valence-electron chi connectivity index (χ0n) is 9.76. The Morgan fingerprint density at radius 2 is 2.00 bits per heavy atom. The van der Waals surface area contributed by atoms with Gasteiger partial charge in [0.05, 0.1) is 8.07 Å². The topological polar surface area (TPSA) is 37.3 Å². The summed E-state index contributed by atoms with van der Waals surface area (Å²) in [7, 11) is -1.17. The lowest BCUT2D eigenvalue weighted by Crippen LogP contribution is -2.27. The minimum Gasteiger partial charge on any atom is -0.478 e. The first-order chi connectivity index (χ1) is 6.45. The van der Waals surface area contributed by atoms with Crippen LogP contribution in [-0.4, -0.2) is 19.1 Å². The second kappa shape index (κ2) is 6.01. The van der Waals surface area contributed by atoms with Gasteiger partial charge >= 0.3 is 5.97 Å². The molecule has 0 radical (unpaired) electrons. The Morgan fingerprint density at radius 1 is 1.43 bits per heavy atom. The van der Waals surface area contributed by atoms with Gasteiger partial charge in [0.1, 0.15) is 0 Å². The van der Waals surface area contributed by atoms with Crippen LogP contribution in [0.2, 0.25) is 24.7 Å². The van der Waals surface area contributed by atoms with Gasteiger partial charge in [-0.15, -0.1) is 0 Å². The van der Waals surface area contributed by atoms with Crippen molar-refractivity contribution in [3.8, 4) is 0 Å². The highest BCUT2D eigenvalue weighted by atomic mass is 28.3. The van der Waals surface area contributed by atoms with E-state index in [2.05, 4.69) is 20.4 Å². The number of carboxylic acids is 1. The predicted molar refractivity (Wildman–Crippen MR) is 63.4 cm³/mol. The van der Waals surface area contributed by atoms with Crippen LogP contribution < -0.4 is 0 Å². The number of rotatable bonds is 6. The Labute approximate surface area is 88.0 Å². The molecular weight excluding hydrogens is 192 g/mol. The monoisotopic (exact) mass is 214 g/mol. The molecule has 0 aliphatic rings. The predicted octanol–water partition coefficient (Wildman–Crippen LogP) is 3.53. The van der Waals surface area contributed by atoms with Gasteiger partial charge in [0, 0.05) is 5.57 Å². The van der Waals surface area contributed by atoms with E-state index in [0.29, 0.717) is 5.57 Å². The summed E-state index contributed by atoms with van der Waals surface area (Å²) in [5, 5.41) is 8.73. The molecule has 1 atom stereocenters. The maximum absolute atomic E-state index is 10.6. The molecule has 0 aliphatic carbocycles. The fourth-order valence-electron chi connectivity index (χ4n) is 1.51. The van der Waals surface area contributed by atoms with E-state index >= 15 is 0 Å². The molecule has 0 aliphatic heterocycles. The van der Waals surface area contributed by atoms with Crippen molar-refractivity contribution in [3.05, 3.63) is 11.6 Å². The quantitative estimate of drug-likeness (QED) is 0.542. The Morgan fingerprint density at radius 3 is 2.36 bits per heavy atom. The van der Waals surface area contributed by atoms with Crippen molar-refractivity contribution in [2.45, 2.75) is 51.9 Å². The smallest absolute Gasteiger partial charge is 0.330 e. The van der Waals surface area contributed by atoms with E-state index in [-0.39, 0.29) is 0 Å². The van der Waals surface area contributed by atoms with E-state index < -0.39 is 14.0 Å². The number of allylic oxidation sites excluding steroid dienone is 1. The Bertz CT molecular complexity index is 223. The molecule has 0 saturated carbocycles. The van der Waals surface area contributed by atoms with E-state index in [4.69, 9.17) is 5.11 Å². The number of carboxylic acid groups (broad SMARTS) is 1. The van der Waals surface area contributed by atoms with Crippen LogP contribution in [-0.2, 0) is 4.79 Å². The molecule has 3 heteroatoms. The first-order valence-electron chi connectivity index (χ1n) is 5.35. The van der Waals surface area contributed by atoms with Crippen LogP contribution in [0.25, 0.3) is 0 Å². The summed E-state index contributed by atoms with van der Waals surface area (Å²) in [6, 6.07) is 3.55. The SMILES string of the molecule is CCC[Si](C)(CC)CC=C(C)C(=O)O. The maximum atomic E-state index is 10.6. The van der Waals surface area contributed by atoms with Gasteiger partial charge in [-0.2, -0.15) is 0 Å². The molecule has 1 unspecified atom stereocenters. The lowest BCUT2D eigenvalue weighted by molar-refractivity contribution is -0.132. The second-order valence-electron chi connectivity index (χ2n) is 4.31. The van der Waals surface area contributed by atoms with E-state index in [0.717, 1.165) is 6.04 Å². The lowest BCUT2D eigenvalue weighted by Gasteiger charge is -2.23. The molecule has 0 aromatic heterocycles. The summed E-state index contributed by atoms with van der Waals surface area (Å²) in [4.78, 5) is 10.6. The number of aliphatic carboxylic acids is 1. The molecule has 14 heavy (non-hydrogen) atoms. The summed E-state index contributed by atoms with van der Waals surface area (Å²) in [6.07, 6.45) is 3.13. The van der Waals surface area contributed by atoms with Crippen molar-refractivity contribution < 1.29 is 9.90 Å². The van der Waals surface area contributed by atoms with Gasteiger partial charge in [0.15, 0.2) is 0 Å². The van der Waals surface area contributed by atoms with Gasteiger partial charge in [-0.25, -0.2) is 4.79 Å². The van der Waals surface area contributed by atoms with Crippen LogP contribution in [0.4, 0.5) is 0 Å². The average molecular weight is 214 g/mol. The average Bonchev–Trinajstić information content (AvgIpc) is 2.14. The molecule has 82 valence electrons. The van der Waals surface area contributed by atoms with Crippen molar-refractivity contribution in [1.82, 2.24) is 0 Å². The molecular formula is C11H22O2Si. The third-order valence-corrected chi connectivity index (χ3v) is 7.55. The molecule has 0 saturated heterocycles. The second-order valence-corrected chi connectivity index (χ2v) is 9.55. The van der Waals surface area contributed by atoms with Crippen LogP contribution in [0.5, 0.6) is 0 Å². The minimum absolute atomic E-state index is 0.494. The zero-order valence-corrected chi connectivity index (χ0v) is 10.8. The molecule has 0 amide bonds. The molecule has 0 rings (SSSR count). The van der Waals surface area contributed by atoms with Crippen LogP contribution in [0.3, 0.4) is 0 Å². The molecule has 0 aromatic carbocycles. The van der Waals surface area contributed by atoms with Crippen molar-refractivity contribution in [2.75, 3.05) is 0 Å². The Kier molecular flexibility index (Phi) is 5.77. The summed E-state index contributed by atoms with van der Waals surface area (Å²) in [5.74, 6) is -0.783. The molecule has 0 aromatic rings. The van der Waals surface area contributed by atoms with E-state index in [1.54, 1.807) is 6.92 Å². The highest BCUT2D eigenvalue weighted by molar-refractivity contribution is 6.79. The van der Waals surface area contributed by atoms with Gasteiger partial charge in [0.25, 0.3) is 0 Å². The van der Waals surface area contributed by atoms with Gasteiger partial charge in [-0.1, -0.05) is 45.0 Å². The number of carbonyl (C=O) groups is 1. The van der Waals surface area contributed by atoms with E-state index in [9.17, 15) is 4.79 Å². The summed E-state index contributed by atoms with van der Waals surface area (Å²) < 4.78 is 0. The lowest BCUT2D eigenvalue weighted by atomic mass is 10.3. The van der Waals surface area contributed by atoms with Crippen molar-refractivity contribution >= 4 is 14.0 Å². The highest BCUT2D eigenvalue weighted by Crippen LogP contribution is 2.23. The third kappa shape index (κ3) is 4.60. The molecule has 0 spiro atoms. The van der Waals surface area contributed by atoms with Gasteiger partial charge in [0.2, 0.25) is 0 Å². The van der Waals surface area contributed by atoms with Crippen molar-refractivity contribution in [2.24, 2.45) is 0 Å². The molecule has 1 N–H and O–H groups in total. The van der Waals surface area contributed by atoms with Crippen LogP contribution >= 0.6 is 0 Å². The molecule has 0 bridgehead atoms. The highest BCUT2D eigenvalue weighted by Gasteiger charge is 2.22. The number of hydrogen-bond donors (Lipinski definition) is 1. The largest absolute Gasteiger partial charge is 0.478 e. The normalized spacial score (nSPS) is 16.4. The van der Waals surface area contributed by atoms with Crippen LogP contribution in [0.15, 0.2) is 11.6 Å². The first-order valence-corrected chi connectivity index (χ1v) is 8.47. The van der Waals surface area contributed by atoms with Gasteiger partial charge in [-0.3, -0.25) is 0 Å². The third-order valence-electron chi connectivity index (χ3n) is 2.95. The Hall–Kier alpha value is -0.573. The Balaban J connectivity index is 4.32. The van der Waals surface area contributed by atoms with Gasteiger partial charge in [-0.05, 0) is 13.0 Å². The van der Waals surface area contributed by atoms with Crippen LogP contribution in [0.1, 0.15) is 27.2 Å². The molecule has 2 nitrogen and oxygen atoms in total. The van der Waals surface area contributed by atoms with Gasteiger partial charge < -0.3 is 5.11 Å². The standard InChI is InChI=1S/C11H22O2Si/c1-5-8-14(4,6-2)9-7-10(3)11(12)13/h7H,5-6,8-9H2,1-4H3,(H,12,13). The fraction of sp³-hybridized carbons (Fsp3) is 0.727. The van der Waals surface area contributed by atoms with Crippen LogP contribution in [0, 0.1) is 0 Å². The number of hydrogen-bond acceptors (Lipinski definition) is 1. The summed E-state index contributed by atoms with van der Waals surface area (Å²) in [6.45, 7) is 8.47. The van der Waals surface area contributed by atoms with E-state index in [1.807, 2.05) is 6.08 Å². The van der Waals surface area contributed by atoms with Crippen molar-refractivity contribution in [3.63, 3.8) is 0 Å². The molecule has 0 heterocycles.